The minimum absolute atomic E-state index is 0.0313. The van der Waals surface area contributed by atoms with Crippen molar-refractivity contribution in [1.82, 2.24) is 4.72 Å². The van der Waals surface area contributed by atoms with E-state index in [0.717, 1.165) is 12.1 Å². The molecule has 0 saturated heterocycles. The lowest BCUT2D eigenvalue weighted by Crippen LogP contribution is -2.26. The maximum atomic E-state index is 13.7. The monoisotopic (exact) mass is 348 g/mol. The summed E-state index contributed by atoms with van der Waals surface area (Å²) in [7, 11) is -4.22. The van der Waals surface area contributed by atoms with Crippen LogP contribution in [0.25, 0.3) is 0 Å². The second-order valence-corrected chi connectivity index (χ2v) is 6.43. The lowest BCUT2D eigenvalue weighted by atomic mass is 10.2. The molecular formula is C11H13ClF4N2O2S. The van der Waals surface area contributed by atoms with Crippen molar-refractivity contribution in [1.29, 1.82) is 0 Å². The Morgan fingerprint density at radius 1 is 1.24 bits per heavy atom. The van der Waals surface area contributed by atoms with Gasteiger partial charge in [0.2, 0.25) is 10.0 Å². The molecule has 21 heavy (non-hydrogen) atoms. The first kappa shape index (κ1) is 18.0. The molecule has 0 spiro atoms. The Morgan fingerprint density at radius 2 is 1.86 bits per heavy atom. The third-order valence-electron chi connectivity index (χ3n) is 2.49. The van der Waals surface area contributed by atoms with Gasteiger partial charge in [0.05, 0.1) is 5.02 Å². The van der Waals surface area contributed by atoms with Crippen molar-refractivity contribution in [3.05, 3.63) is 23.0 Å². The molecule has 0 radical (unpaired) electrons. The number of unbranched alkanes of at least 4 members (excludes halogenated alkanes) is 1. The van der Waals surface area contributed by atoms with E-state index in [2.05, 4.69) is 0 Å². The number of sulfonamides is 1. The number of halogens is 5. The van der Waals surface area contributed by atoms with Crippen LogP contribution in [0.3, 0.4) is 0 Å². The fourth-order valence-corrected chi connectivity index (χ4v) is 3.00. The van der Waals surface area contributed by atoms with Gasteiger partial charge in [0.25, 0.3) is 0 Å². The second-order valence-electron chi connectivity index (χ2n) is 4.28. The molecule has 0 aliphatic heterocycles. The summed E-state index contributed by atoms with van der Waals surface area (Å²) in [5.41, 5.74) is 5.34. The predicted octanol–water partition coefficient (Wildman–Crippen LogP) is 3.07. The van der Waals surface area contributed by atoms with E-state index >= 15 is 0 Å². The molecule has 4 nitrogen and oxygen atoms in total. The van der Waals surface area contributed by atoms with Gasteiger partial charge < -0.3 is 5.73 Å². The van der Waals surface area contributed by atoms with Crippen LogP contribution in [0.4, 0.5) is 23.2 Å². The van der Waals surface area contributed by atoms with Crippen molar-refractivity contribution in [2.24, 2.45) is 0 Å². The van der Waals surface area contributed by atoms with Crippen molar-refractivity contribution in [3.8, 4) is 0 Å². The van der Waals surface area contributed by atoms with Crippen LogP contribution in [0, 0.1) is 5.82 Å². The van der Waals surface area contributed by atoms with Gasteiger partial charge in [-0.05, 0) is 25.0 Å². The van der Waals surface area contributed by atoms with Crippen LogP contribution in [-0.2, 0) is 10.0 Å². The summed E-state index contributed by atoms with van der Waals surface area (Å²) in [4.78, 5) is -0.733. The molecule has 0 atom stereocenters. The molecule has 3 N–H and O–H groups in total. The van der Waals surface area contributed by atoms with E-state index in [1.54, 1.807) is 0 Å². The first-order chi connectivity index (χ1) is 9.53. The van der Waals surface area contributed by atoms with Crippen molar-refractivity contribution in [2.75, 3.05) is 12.3 Å². The van der Waals surface area contributed by atoms with Crippen molar-refractivity contribution in [3.63, 3.8) is 0 Å². The summed E-state index contributed by atoms with van der Waals surface area (Å²) in [6.07, 6.45) is -5.55. The minimum Gasteiger partial charge on any atom is -0.399 e. The maximum absolute atomic E-state index is 13.7. The van der Waals surface area contributed by atoms with Crippen LogP contribution < -0.4 is 10.5 Å². The smallest absolute Gasteiger partial charge is 0.389 e. The van der Waals surface area contributed by atoms with Crippen LogP contribution in [0.2, 0.25) is 5.02 Å². The fourth-order valence-electron chi connectivity index (χ4n) is 1.51. The Bertz CT molecular complexity index is 605. The number of anilines is 1. The zero-order chi connectivity index (χ0) is 16.3. The summed E-state index contributed by atoms with van der Waals surface area (Å²) in [5.74, 6) is -1.16. The van der Waals surface area contributed by atoms with E-state index in [0.29, 0.717) is 0 Å². The first-order valence-electron chi connectivity index (χ1n) is 5.84. The highest BCUT2D eigenvalue weighted by Crippen LogP contribution is 2.26. The Balaban J connectivity index is 2.67. The van der Waals surface area contributed by atoms with Gasteiger partial charge in [0.1, 0.15) is 4.90 Å². The normalized spacial score (nSPS) is 12.6. The zero-order valence-corrected chi connectivity index (χ0v) is 12.2. The highest BCUT2D eigenvalue weighted by molar-refractivity contribution is 7.89. The van der Waals surface area contributed by atoms with Crippen molar-refractivity contribution in [2.45, 2.75) is 30.3 Å². The number of nitrogens with two attached hydrogens (primary N) is 1. The second kappa shape index (κ2) is 6.80. The molecule has 0 fully saturated rings. The molecule has 0 aliphatic carbocycles. The van der Waals surface area contributed by atoms with Crippen LogP contribution in [0.15, 0.2) is 17.0 Å². The van der Waals surface area contributed by atoms with Crippen LogP contribution in [-0.4, -0.2) is 21.1 Å². The third kappa shape index (κ3) is 5.68. The van der Waals surface area contributed by atoms with E-state index in [9.17, 15) is 26.0 Å². The van der Waals surface area contributed by atoms with E-state index in [1.807, 2.05) is 4.72 Å². The maximum Gasteiger partial charge on any atom is 0.389 e. The minimum atomic E-state index is -4.29. The highest BCUT2D eigenvalue weighted by Gasteiger charge is 2.26. The van der Waals surface area contributed by atoms with Gasteiger partial charge in [-0.3, -0.25) is 0 Å². The van der Waals surface area contributed by atoms with E-state index in [4.69, 9.17) is 17.3 Å². The largest absolute Gasteiger partial charge is 0.399 e. The molecule has 1 aromatic rings. The summed E-state index contributed by atoms with van der Waals surface area (Å²) in [6.45, 7) is -0.246. The summed E-state index contributed by atoms with van der Waals surface area (Å²) in [6, 6.07) is 1.94. The highest BCUT2D eigenvalue weighted by atomic mass is 35.5. The molecule has 0 aliphatic rings. The van der Waals surface area contributed by atoms with E-state index in [1.165, 1.54) is 0 Å². The number of rotatable bonds is 6. The number of nitrogen functional groups attached to an aromatic ring is 1. The average Bonchev–Trinajstić information content (AvgIpc) is 2.31. The molecule has 10 heteroatoms. The zero-order valence-electron chi connectivity index (χ0n) is 10.7. The molecule has 0 heterocycles. The number of hydrogen-bond acceptors (Lipinski definition) is 3. The van der Waals surface area contributed by atoms with Gasteiger partial charge >= 0.3 is 6.18 Å². The molecule has 120 valence electrons. The van der Waals surface area contributed by atoms with Crippen molar-refractivity contribution < 1.29 is 26.0 Å². The van der Waals surface area contributed by atoms with Gasteiger partial charge in [-0.25, -0.2) is 17.5 Å². The Labute approximate surface area is 124 Å². The van der Waals surface area contributed by atoms with E-state index < -0.39 is 38.4 Å². The Morgan fingerprint density at radius 3 is 2.43 bits per heavy atom. The molecule has 0 amide bonds. The Hall–Kier alpha value is -1.06. The van der Waals surface area contributed by atoms with Crippen molar-refractivity contribution >= 4 is 27.3 Å². The molecule has 1 aromatic carbocycles. The van der Waals surface area contributed by atoms with Crippen LogP contribution in [0.5, 0.6) is 0 Å². The number of nitrogens with one attached hydrogen (secondary N) is 1. The Kier molecular flexibility index (Phi) is 5.83. The van der Waals surface area contributed by atoms with Gasteiger partial charge in [-0.2, -0.15) is 13.2 Å². The van der Waals surface area contributed by atoms with Gasteiger partial charge in [0, 0.05) is 18.7 Å². The molecule has 0 bridgehead atoms. The van der Waals surface area contributed by atoms with Crippen LogP contribution >= 0.6 is 11.6 Å². The predicted molar refractivity (Wildman–Crippen MR) is 70.9 cm³/mol. The SMILES string of the molecule is Nc1cc(Cl)c(F)c(S(=O)(=O)NCCCCC(F)(F)F)c1. The molecule has 0 aromatic heterocycles. The van der Waals surface area contributed by atoms with Gasteiger partial charge in [0.15, 0.2) is 5.82 Å². The fraction of sp³-hybridized carbons (Fsp3) is 0.455. The lowest BCUT2D eigenvalue weighted by molar-refractivity contribution is -0.135. The summed E-state index contributed by atoms with van der Waals surface area (Å²) < 4.78 is 75.0. The summed E-state index contributed by atoms with van der Waals surface area (Å²) >= 11 is 5.49. The van der Waals surface area contributed by atoms with Crippen LogP contribution in [0.1, 0.15) is 19.3 Å². The number of benzene rings is 1. The molecular weight excluding hydrogens is 336 g/mol. The standard InChI is InChI=1S/C11H13ClF4N2O2S/c12-8-5-7(17)6-9(10(8)13)21(19,20)18-4-2-1-3-11(14,15)16/h5-6,18H,1-4,17H2. The quantitative estimate of drug-likeness (QED) is 0.471. The average molecular weight is 349 g/mol. The topological polar surface area (TPSA) is 72.2 Å². The summed E-state index contributed by atoms with van der Waals surface area (Å²) in [5, 5.41) is -0.451. The number of hydrogen-bond donors (Lipinski definition) is 2. The third-order valence-corrected chi connectivity index (χ3v) is 4.22. The molecule has 0 unspecified atom stereocenters. The first-order valence-corrected chi connectivity index (χ1v) is 7.70. The van der Waals surface area contributed by atoms with Gasteiger partial charge in [-0.1, -0.05) is 11.6 Å². The molecule has 0 saturated carbocycles. The molecule has 1 rings (SSSR count). The number of alkyl halides is 3. The lowest BCUT2D eigenvalue weighted by Gasteiger charge is -2.10. The van der Waals surface area contributed by atoms with E-state index in [-0.39, 0.29) is 25.1 Å². The van der Waals surface area contributed by atoms with Gasteiger partial charge in [-0.15, -0.1) is 0 Å².